The maximum atomic E-state index is 12.5. The van der Waals surface area contributed by atoms with E-state index in [-0.39, 0.29) is 5.91 Å². The Labute approximate surface area is 125 Å². The summed E-state index contributed by atoms with van der Waals surface area (Å²) >= 11 is 0. The van der Waals surface area contributed by atoms with Gasteiger partial charge in [-0.3, -0.25) is 4.79 Å². The summed E-state index contributed by atoms with van der Waals surface area (Å²) in [6.07, 6.45) is 2.48. The number of benzene rings is 1. The van der Waals surface area contributed by atoms with E-state index < -0.39 is 0 Å². The van der Waals surface area contributed by atoms with E-state index in [0.717, 1.165) is 43.8 Å². The van der Waals surface area contributed by atoms with Crippen LogP contribution in [0, 0.1) is 6.92 Å². The highest BCUT2D eigenvalue weighted by Crippen LogP contribution is 2.23. The van der Waals surface area contributed by atoms with E-state index in [1.165, 1.54) is 10.9 Å². The number of fused-ring (bicyclic) bond motifs is 1. The molecule has 1 aliphatic rings. The third kappa shape index (κ3) is 2.81. The van der Waals surface area contributed by atoms with E-state index in [9.17, 15) is 4.79 Å². The average molecular weight is 285 g/mol. The summed E-state index contributed by atoms with van der Waals surface area (Å²) in [5, 5.41) is 1.21. The van der Waals surface area contributed by atoms with Gasteiger partial charge in [-0.25, -0.2) is 0 Å². The van der Waals surface area contributed by atoms with Gasteiger partial charge in [0.1, 0.15) is 0 Å². The van der Waals surface area contributed by atoms with Crippen LogP contribution in [0.15, 0.2) is 24.4 Å². The van der Waals surface area contributed by atoms with Crippen molar-refractivity contribution < 1.29 is 4.79 Å². The van der Waals surface area contributed by atoms with Crippen molar-refractivity contribution in [1.82, 2.24) is 14.8 Å². The third-order valence-electron chi connectivity index (χ3n) is 4.51. The van der Waals surface area contributed by atoms with Crippen molar-refractivity contribution >= 4 is 16.8 Å². The zero-order chi connectivity index (χ0) is 14.8. The van der Waals surface area contributed by atoms with E-state index in [4.69, 9.17) is 0 Å². The van der Waals surface area contributed by atoms with Gasteiger partial charge in [0.2, 0.25) is 5.91 Å². The minimum atomic E-state index is 0.245. The summed E-state index contributed by atoms with van der Waals surface area (Å²) in [6, 6.07) is 6.21. The van der Waals surface area contributed by atoms with Crippen molar-refractivity contribution in [2.45, 2.75) is 20.3 Å². The third-order valence-corrected chi connectivity index (χ3v) is 4.51. The van der Waals surface area contributed by atoms with Crippen LogP contribution in [-0.4, -0.2) is 53.4 Å². The van der Waals surface area contributed by atoms with Crippen LogP contribution in [0.3, 0.4) is 0 Å². The lowest BCUT2D eigenvalue weighted by molar-refractivity contribution is -0.132. The van der Waals surface area contributed by atoms with Crippen LogP contribution < -0.4 is 0 Å². The first kappa shape index (κ1) is 14.1. The van der Waals surface area contributed by atoms with Gasteiger partial charge in [-0.2, -0.15) is 0 Å². The number of amides is 1. The fraction of sp³-hybridized carbons (Fsp3) is 0.471. The monoisotopic (exact) mass is 285 g/mol. The number of nitrogens with one attached hydrogen (secondary N) is 1. The molecule has 4 nitrogen and oxygen atoms in total. The predicted molar refractivity (Wildman–Crippen MR) is 85.4 cm³/mol. The van der Waals surface area contributed by atoms with Gasteiger partial charge in [0, 0.05) is 43.3 Å². The molecule has 0 saturated carbocycles. The van der Waals surface area contributed by atoms with E-state index in [2.05, 4.69) is 35.9 Å². The standard InChI is InChI=1S/C17H23N3O/c1-3-19-7-9-20(10-8-19)16(21)11-14-12-18-15-6-4-5-13(2)17(14)15/h4-6,12,18H,3,7-11H2,1-2H3. The average Bonchev–Trinajstić information content (AvgIpc) is 2.92. The number of rotatable bonds is 3. The molecule has 0 unspecified atom stereocenters. The molecule has 1 N–H and O–H groups in total. The summed E-state index contributed by atoms with van der Waals surface area (Å²) in [4.78, 5) is 20.2. The summed E-state index contributed by atoms with van der Waals surface area (Å²) in [7, 11) is 0. The second-order valence-electron chi connectivity index (χ2n) is 5.80. The van der Waals surface area contributed by atoms with Crippen molar-refractivity contribution in [3.05, 3.63) is 35.5 Å². The van der Waals surface area contributed by atoms with Gasteiger partial charge in [-0.1, -0.05) is 19.1 Å². The maximum Gasteiger partial charge on any atom is 0.227 e. The Morgan fingerprint density at radius 3 is 2.71 bits per heavy atom. The molecule has 0 radical (unpaired) electrons. The number of likely N-dealkylation sites (N-methyl/N-ethyl adjacent to an activating group) is 1. The Balaban J connectivity index is 1.72. The molecule has 112 valence electrons. The normalized spacial score (nSPS) is 16.6. The second-order valence-corrected chi connectivity index (χ2v) is 5.80. The van der Waals surface area contributed by atoms with Crippen molar-refractivity contribution in [3.63, 3.8) is 0 Å². The minimum absolute atomic E-state index is 0.245. The van der Waals surface area contributed by atoms with Gasteiger partial charge < -0.3 is 14.8 Å². The highest BCUT2D eigenvalue weighted by molar-refractivity contribution is 5.91. The Morgan fingerprint density at radius 2 is 2.00 bits per heavy atom. The molecule has 2 heterocycles. The van der Waals surface area contributed by atoms with Crippen LogP contribution in [0.4, 0.5) is 0 Å². The molecule has 1 aromatic carbocycles. The topological polar surface area (TPSA) is 39.3 Å². The van der Waals surface area contributed by atoms with E-state index >= 15 is 0 Å². The van der Waals surface area contributed by atoms with E-state index in [1.54, 1.807) is 0 Å². The molecule has 1 aliphatic heterocycles. The Bertz CT molecular complexity index is 639. The SMILES string of the molecule is CCN1CCN(C(=O)Cc2c[nH]c3cccc(C)c23)CC1. The van der Waals surface area contributed by atoms with Crippen molar-refractivity contribution in [2.75, 3.05) is 32.7 Å². The number of aryl methyl sites for hydroxylation is 1. The highest BCUT2D eigenvalue weighted by atomic mass is 16.2. The number of carbonyl (C=O) groups is 1. The summed E-state index contributed by atoms with van der Waals surface area (Å²) in [5.41, 5.74) is 3.46. The maximum absolute atomic E-state index is 12.5. The molecule has 1 aromatic heterocycles. The quantitative estimate of drug-likeness (QED) is 0.939. The van der Waals surface area contributed by atoms with Gasteiger partial charge >= 0.3 is 0 Å². The predicted octanol–water partition coefficient (Wildman–Crippen LogP) is 2.18. The Hall–Kier alpha value is -1.81. The molecule has 21 heavy (non-hydrogen) atoms. The van der Waals surface area contributed by atoms with E-state index in [1.807, 2.05) is 17.2 Å². The number of aromatic nitrogens is 1. The molecule has 3 rings (SSSR count). The molecular weight excluding hydrogens is 262 g/mol. The smallest absolute Gasteiger partial charge is 0.227 e. The number of hydrogen-bond donors (Lipinski definition) is 1. The zero-order valence-corrected chi connectivity index (χ0v) is 12.9. The van der Waals surface area contributed by atoms with Crippen LogP contribution in [0.5, 0.6) is 0 Å². The highest BCUT2D eigenvalue weighted by Gasteiger charge is 2.21. The van der Waals surface area contributed by atoms with Gasteiger partial charge in [0.05, 0.1) is 6.42 Å². The number of carbonyl (C=O) groups excluding carboxylic acids is 1. The second kappa shape index (κ2) is 5.90. The lowest BCUT2D eigenvalue weighted by atomic mass is 10.0. The van der Waals surface area contributed by atoms with Crippen molar-refractivity contribution in [3.8, 4) is 0 Å². The minimum Gasteiger partial charge on any atom is -0.361 e. The molecule has 0 aliphatic carbocycles. The molecule has 1 amide bonds. The molecular formula is C17H23N3O. The largest absolute Gasteiger partial charge is 0.361 e. The first-order chi connectivity index (χ1) is 10.2. The van der Waals surface area contributed by atoms with Gasteiger partial charge in [0.25, 0.3) is 0 Å². The van der Waals surface area contributed by atoms with Crippen LogP contribution in [0.2, 0.25) is 0 Å². The molecule has 2 aromatic rings. The van der Waals surface area contributed by atoms with Crippen LogP contribution in [0.1, 0.15) is 18.1 Å². The summed E-state index contributed by atoms with van der Waals surface area (Å²) in [5.74, 6) is 0.245. The van der Waals surface area contributed by atoms with Crippen molar-refractivity contribution in [1.29, 1.82) is 0 Å². The Morgan fingerprint density at radius 1 is 1.24 bits per heavy atom. The zero-order valence-electron chi connectivity index (χ0n) is 12.9. The first-order valence-corrected chi connectivity index (χ1v) is 7.74. The number of H-pyrrole nitrogens is 1. The van der Waals surface area contributed by atoms with Gasteiger partial charge in [-0.15, -0.1) is 0 Å². The number of piperazine rings is 1. The fourth-order valence-electron chi connectivity index (χ4n) is 3.18. The number of hydrogen-bond acceptors (Lipinski definition) is 2. The summed E-state index contributed by atoms with van der Waals surface area (Å²) < 4.78 is 0. The van der Waals surface area contributed by atoms with E-state index in [0.29, 0.717) is 6.42 Å². The van der Waals surface area contributed by atoms with Gasteiger partial charge in [0.15, 0.2) is 0 Å². The summed E-state index contributed by atoms with van der Waals surface area (Å²) in [6.45, 7) is 9.05. The molecule has 1 fully saturated rings. The number of aromatic amines is 1. The van der Waals surface area contributed by atoms with Crippen LogP contribution in [0.25, 0.3) is 10.9 Å². The molecule has 0 atom stereocenters. The molecule has 1 saturated heterocycles. The molecule has 4 heteroatoms. The Kier molecular flexibility index (Phi) is 3.97. The molecule has 0 bridgehead atoms. The first-order valence-electron chi connectivity index (χ1n) is 7.74. The van der Waals surface area contributed by atoms with Crippen LogP contribution >= 0.6 is 0 Å². The lowest BCUT2D eigenvalue weighted by Crippen LogP contribution is -2.48. The van der Waals surface area contributed by atoms with Crippen molar-refractivity contribution in [2.24, 2.45) is 0 Å². The molecule has 0 spiro atoms. The fourth-order valence-corrected chi connectivity index (χ4v) is 3.18. The van der Waals surface area contributed by atoms with Crippen LogP contribution in [-0.2, 0) is 11.2 Å². The lowest BCUT2D eigenvalue weighted by Gasteiger charge is -2.34. The van der Waals surface area contributed by atoms with Gasteiger partial charge in [-0.05, 0) is 30.7 Å². The number of nitrogens with zero attached hydrogens (tertiary/aromatic N) is 2.